The van der Waals surface area contributed by atoms with Crippen LogP contribution in [0, 0.1) is 0 Å². The standard InChI is InChI=1S/C13H16N4O/c1-10-13(6-9-18-10)16-11-2-4-12(5-3-11)17-14-7-8-15-17/h2-5,7-8,10,13,16H,6,9H2,1H3. The molecule has 2 heterocycles. The average Bonchev–Trinajstić information content (AvgIpc) is 3.03. The molecule has 2 unspecified atom stereocenters. The highest BCUT2D eigenvalue weighted by Gasteiger charge is 2.23. The molecule has 18 heavy (non-hydrogen) atoms. The molecule has 1 aliphatic rings. The van der Waals surface area contributed by atoms with Gasteiger partial charge in [-0.3, -0.25) is 0 Å². The molecule has 0 bridgehead atoms. The molecule has 5 heteroatoms. The van der Waals surface area contributed by atoms with E-state index in [-0.39, 0.29) is 6.10 Å². The Labute approximate surface area is 106 Å². The topological polar surface area (TPSA) is 52.0 Å². The van der Waals surface area contributed by atoms with Crippen molar-refractivity contribution in [2.24, 2.45) is 0 Å². The zero-order valence-corrected chi connectivity index (χ0v) is 10.3. The van der Waals surface area contributed by atoms with Crippen LogP contribution in [0.2, 0.25) is 0 Å². The molecule has 94 valence electrons. The third kappa shape index (κ3) is 2.22. The van der Waals surface area contributed by atoms with E-state index >= 15 is 0 Å². The third-order valence-electron chi connectivity index (χ3n) is 3.25. The Balaban J connectivity index is 1.71. The first-order valence-corrected chi connectivity index (χ1v) is 6.18. The van der Waals surface area contributed by atoms with Crippen LogP contribution in [0.25, 0.3) is 5.69 Å². The summed E-state index contributed by atoms with van der Waals surface area (Å²) in [5, 5.41) is 11.7. The van der Waals surface area contributed by atoms with Crippen molar-refractivity contribution in [1.82, 2.24) is 15.0 Å². The van der Waals surface area contributed by atoms with E-state index < -0.39 is 0 Å². The van der Waals surface area contributed by atoms with Crippen LogP contribution >= 0.6 is 0 Å². The Morgan fingerprint density at radius 1 is 1.22 bits per heavy atom. The number of aromatic nitrogens is 3. The molecule has 2 atom stereocenters. The highest BCUT2D eigenvalue weighted by Crippen LogP contribution is 2.19. The van der Waals surface area contributed by atoms with Gasteiger partial charge in [-0.05, 0) is 37.6 Å². The molecule has 2 aromatic rings. The van der Waals surface area contributed by atoms with Gasteiger partial charge in [-0.25, -0.2) is 0 Å². The van der Waals surface area contributed by atoms with Crippen LogP contribution in [0.3, 0.4) is 0 Å². The number of hydrogen-bond acceptors (Lipinski definition) is 4. The van der Waals surface area contributed by atoms with Gasteiger partial charge < -0.3 is 10.1 Å². The molecule has 0 radical (unpaired) electrons. The van der Waals surface area contributed by atoms with Crippen LogP contribution in [0.15, 0.2) is 36.7 Å². The molecule has 0 spiro atoms. The number of anilines is 1. The second-order valence-electron chi connectivity index (χ2n) is 4.48. The molecule has 1 aromatic carbocycles. The van der Waals surface area contributed by atoms with Gasteiger partial charge in [-0.1, -0.05) is 0 Å². The van der Waals surface area contributed by atoms with Crippen molar-refractivity contribution in [2.45, 2.75) is 25.5 Å². The maximum absolute atomic E-state index is 5.53. The molecular weight excluding hydrogens is 228 g/mol. The third-order valence-corrected chi connectivity index (χ3v) is 3.25. The molecule has 1 saturated heterocycles. The zero-order valence-electron chi connectivity index (χ0n) is 10.3. The summed E-state index contributed by atoms with van der Waals surface area (Å²) < 4.78 is 5.53. The van der Waals surface area contributed by atoms with Crippen molar-refractivity contribution >= 4 is 5.69 Å². The molecule has 1 aliphatic heterocycles. The highest BCUT2D eigenvalue weighted by atomic mass is 16.5. The van der Waals surface area contributed by atoms with Crippen molar-refractivity contribution in [2.75, 3.05) is 11.9 Å². The van der Waals surface area contributed by atoms with Crippen molar-refractivity contribution in [3.05, 3.63) is 36.7 Å². The fourth-order valence-electron chi connectivity index (χ4n) is 2.18. The molecule has 0 saturated carbocycles. The number of benzene rings is 1. The first kappa shape index (κ1) is 11.2. The number of ether oxygens (including phenoxy) is 1. The van der Waals surface area contributed by atoms with Crippen molar-refractivity contribution in [3.63, 3.8) is 0 Å². The largest absolute Gasteiger partial charge is 0.380 e. The van der Waals surface area contributed by atoms with E-state index in [1.165, 1.54) is 0 Å². The molecule has 5 nitrogen and oxygen atoms in total. The fraction of sp³-hybridized carbons (Fsp3) is 0.385. The average molecular weight is 244 g/mol. The van der Waals surface area contributed by atoms with Crippen LogP contribution < -0.4 is 5.32 Å². The minimum Gasteiger partial charge on any atom is -0.380 e. The van der Waals surface area contributed by atoms with Crippen molar-refractivity contribution < 1.29 is 4.74 Å². The SMILES string of the molecule is CC1OCCC1Nc1ccc(-n2nccn2)cc1. The van der Waals surface area contributed by atoms with Gasteiger partial charge in [0.2, 0.25) is 0 Å². The second-order valence-corrected chi connectivity index (χ2v) is 4.48. The Morgan fingerprint density at radius 2 is 1.94 bits per heavy atom. The van der Waals surface area contributed by atoms with Crippen molar-refractivity contribution in [1.29, 1.82) is 0 Å². The van der Waals surface area contributed by atoms with Crippen molar-refractivity contribution in [3.8, 4) is 5.69 Å². The quantitative estimate of drug-likeness (QED) is 0.895. The lowest BCUT2D eigenvalue weighted by atomic mass is 10.1. The second kappa shape index (κ2) is 4.78. The first-order chi connectivity index (χ1) is 8.83. The number of rotatable bonds is 3. The number of hydrogen-bond donors (Lipinski definition) is 1. The maximum Gasteiger partial charge on any atom is 0.0858 e. The number of nitrogens with zero attached hydrogens (tertiary/aromatic N) is 3. The summed E-state index contributed by atoms with van der Waals surface area (Å²) in [4.78, 5) is 1.60. The predicted octanol–water partition coefficient (Wildman–Crippen LogP) is 1.86. The first-order valence-electron chi connectivity index (χ1n) is 6.18. The molecule has 1 N–H and O–H groups in total. The minimum absolute atomic E-state index is 0.275. The van der Waals surface area contributed by atoms with Crippen LogP contribution in [0.5, 0.6) is 0 Å². The Morgan fingerprint density at radius 3 is 2.56 bits per heavy atom. The summed E-state index contributed by atoms with van der Waals surface area (Å²) in [6, 6.07) is 8.50. The summed E-state index contributed by atoms with van der Waals surface area (Å²) in [5.41, 5.74) is 2.06. The van der Waals surface area contributed by atoms with Crippen LogP contribution in [0.1, 0.15) is 13.3 Å². The Hall–Kier alpha value is -1.88. The zero-order chi connectivity index (χ0) is 12.4. The molecular formula is C13H16N4O. The summed E-state index contributed by atoms with van der Waals surface area (Å²) in [7, 11) is 0. The van der Waals surface area contributed by atoms with E-state index in [4.69, 9.17) is 4.74 Å². The van der Waals surface area contributed by atoms with E-state index in [9.17, 15) is 0 Å². The van der Waals surface area contributed by atoms with Gasteiger partial charge in [-0.15, -0.1) is 0 Å². The van der Waals surface area contributed by atoms with E-state index in [1.807, 2.05) is 24.3 Å². The van der Waals surface area contributed by atoms with Gasteiger partial charge in [0.15, 0.2) is 0 Å². The fourth-order valence-corrected chi connectivity index (χ4v) is 2.18. The summed E-state index contributed by atoms with van der Waals surface area (Å²) >= 11 is 0. The summed E-state index contributed by atoms with van der Waals surface area (Å²) in [6.45, 7) is 2.95. The lowest BCUT2D eigenvalue weighted by molar-refractivity contribution is 0.121. The van der Waals surface area contributed by atoms with Gasteiger partial charge in [0.1, 0.15) is 0 Å². The van der Waals surface area contributed by atoms with Gasteiger partial charge >= 0.3 is 0 Å². The lowest BCUT2D eigenvalue weighted by Gasteiger charge is -2.17. The summed E-state index contributed by atoms with van der Waals surface area (Å²) in [5.74, 6) is 0. The number of nitrogens with one attached hydrogen (secondary N) is 1. The lowest BCUT2D eigenvalue weighted by Crippen LogP contribution is -2.26. The Kier molecular flexibility index (Phi) is 2.98. The molecule has 3 rings (SSSR count). The van der Waals surface area contributed by atoms with E-state index in [1.54, 1.807) is 17.2 Å². The van der Waals surface area contributed by atoms with Gasteiger partial charge in [0.25, 0.3) is 0 Å². The molecule has 1 fully saturated rings. The maximum atomic E-state index is 5.53. The monoisotopic (exact) mass is 244 g/mol. The highest BCUT2D eigenvalue weighted by molar-refractivity contribution is 5.49. The van der Waals surface area contributed by atoms with Gasteiger partial charge in [0, 0.05) is 12.3 Å². The van der Waals surface area contributed by atoms with E-state index in [0.717, 1.165) is 24.4 Å². The predicted molar refractivity (Wildman–Crippen MR) is 68.8 cm³/mol. The van der Waals surface area contributed by atoms with E-state index in [2.05, 4.69) is 22.4 Å². The van der Waals surface area contributed by atoms with Crippen LogP contribution in [-0.2, 0) is 4.74 Å². The minimum atomic E-state index is 0.275. The van der Waals surface area contributed by atoms with E-state index in [0.29, 0.717) is 6.04 Å². The van der Waals surface area contributed by atoms with Gasteiger partial charge in [0.05, 0.1) is 30.2 Å². The van der Waals surface area contributed by atoms with Crippen LogP contribution in [0.4, 0.5) is 5.69 Å². The van der Waals surface area contributed by atoms with Crippen LogP contribution in [-0.4, -0.2) is 33.7 Å². The van der Waals surface area contributed by atoms with Gasteiger partial charge in [-0.2, -0.15) is 15.0 Å². The smallest absolute Gasteiger partial charge is 0.0858 e. The summed E-state index contributed by atoms with van der Waals surface area (Å²) in [6.07, 6.45) is 4.68. The Bertz CT molecular complexity index is 494. The molecule has 0 aliphatic carbocycles. The normalized spacial score (nSPS) is 23.2. The molecule has 0 amide bonds. The molecule has 1 aromatic heterocycles.